The first-order valence-electron chi connectivity index (χ1n) is 7.15. The summed E-state index contributed by atoms with van der Waals surface area (Å²) in [7, 11) is 0. The number of amides is 1. The Balaban J connectivity index is 1.76. The number of carbonyl (C=O) groups excluding carboxylic acids is 2. The molecule has 0 spiro atoms. The summed E-state index contributed by atoms with van der Waals surface area (Å²) in [4.78, 5) is 23.3. The molecule has 5 nitrogen and oxygen atoms in total. The molecule has 134 valence electrons. The van der Waals surface area contributed by atoms with E-state index in [1.165, 1.54) is 29.5 Å². The first-order chi connectivity index (χ1) is 11.9. The quantitative estimate of drug-likeness (QED) is 0.690. The monoisotopic (exact) mass is 389 g/mol. The number of carbonyl (C=O) groups is 2. The number of nitrogens with one attached hydrogen (secondary N) is 1. The van der Waals surface area contributed by atoms with Gasteiger partial charge in [0.15, 0.2) is 6.61 Å². The number of hydrogen-bond donors (Lipinski definition) is 1. The van der Waals surface area contributed by atoms with E-state index in [0.717, 1.165) is 5.56 Å². The lowest BCUT2D eigenvalue weighted by Gasteiger charge is -2.10. The molecule has 2 aromatic rings. The van der Waals surface area contributed by atoms with E-state index in [9.17, 15) is 18.4 Å². The summed E-state index contributed by atoms with van der Waals surface area (Å²) in [5, 5.41) is 6.22. The summed E-state index contributed by atoms with van der Waals surface area (Å²) in [5.41, 5.74) is 1.30. The van der Waals surface area contributed by atoms with Crippen molar-refractivity contribution in [1.29, 1.82) is 0 Å². The van der Waals surface area contributed by atoms with Crippen molar-refractivity contribution in [3.8, 4) is 5.75 Å². The van der Waals surface area contributed by atoms with Crippen LogP contribution in [0.2, 0.25) is 5.02 Å². The molecule has 0 aliphatic rings. The Morgan fingerprint density at radius 3 is 2.72 bits per heavy atom. The minimum Gasteiger partial charge on any atom is -0.456 e. The highest BCUT2D eigenvalue weighted by Gasteiger charge is 2.12. The molecular formula is C16H14ClF2NO4S. The van der Waals surface area contributed by atoms with Crippen LogP contribution in [0.15, 0.2) is 35.0 Å². The number of ether oxygens (including phenoxy) is 2. The number of alkyl halides is 2. The zero-order valence-corrected chi connectivity index (χ0v) is 14.4. The van der Waals surface area contributed by atoms with Crippen LogP contribution in [0.4, 0.5) is 14.5 Å². The van der Waals surface area contributed by atoms with Crippen LogP contribution in [0.3, 0.4) is 0 Å². The Hall–Kier alpha value is -2.19. The Morgan fingerprint density at radius 1 is 1.28 bits per heavy atom. The molecule has 1 amide bonds. The van der Waals surface area contributed by atoms with Crippen LogP contribution in [0.1, 0.15) is 12.0 Å². The van der Waals surface area contributed by atoms with Gasteiger partial charge in [-0.1, -0.05) is 11.6 Å². The average Bonchev–Trinajstić information content (AvgIpc) is 3.07. The van der Waals surface area contributed by atoms with E-state index in [2.05, 4.69) is 10.1 Å². The van der Waals surface area contributed by atoms with E-state index >= 15 is 0 Å². The largest absolute Gasteiger partial charge is 0.456 e. The summed E-state index contributed by atoms with van der Waals surface area (Å²) in [6, 6.07) is 5.72. The van der Waals surface area contributed by atoms with Gasteiger partial charge >= 0.3 is 12.6 Å². The molecule has 9 heteroatoms. The second-order valence-corrected chi connectivity index (χ2v) is 6.05. The molecule has 0 atom stereocenters. The summed E-state index contributed by atoms with van der Waals surface area (Å²) < 4.78 is 33.4. The molecule has 1 aromatic carbocycles. The highest BCUT2D eigenvalue weighted by molar-refractivity contribution is 7.07. The summed E-state index contributed by atoms with van der Waals surface area (Å²) >= 11 is 7.32. The summed E-state index contributed by atoms with van der Waals surface area (Å²) in [6.45, 7) is -3.44. The molecule has 1 heterocycles. The van der Waals surface area contributed by atoms with Crippen LogP contribution in [-0.2, 0) is 20.7 Å². The van der Waals surface area contributed by atoms with Crippen LogP contribution in [0.25, 0.3) is 0 Å². The van der Waals surface area contributed by atoms with Crippen LogP contribution in [0.5, 0.6) is 5.75 Å². The first-order valence-corrected chi connectivity index (χ1v) is 8.47. The summed E-state index contributed by atoms with van der Waals surface area (Å²) in [6.07, 6.45) is 0.723. The number of esters is 1. The fraction of sp³-hybridized carbons (Fsp3) is 0.250. The fourth-order valence-corrected chi connectivity index (χ4v) is 2.79. The highest BCUT2D eigenvalue weighted by Crippen LogP contribution is 2.28. The Kier molecular flexibility index (Phi) is 7.15. The van der Waals surface area contributed by atoms with Crippen LogP contribution in [0, 0.1) is 0 Å². The lowest BCUT2D eigenvalue weighted by molar-refractivity contribution is -0.147. The van der Waals surface area contributed by atoms with Crippen LogP contribution in [-0.4, -0.2) is 25.1 Å². The van der Waals surface area contributed by atoms with E-state index in [0.29, 0.717) is 6.42 Å². The molecule has 0 fully saturated rings. The van der Waals surface area contributed by atoms with Gasteiger partial charge in [0.1, 0.15) is 5.75 Å². The van der Waals surface area contributed by atoms with Crippen molar-refractivity contribution in [3.05, 3.63) is 45.6 Å². The third kappa shape index (κ3) is 6.67. The van der Waals surface area contributed by atoms with Gasteiger partial charge in [-0.2, -0.15) is 20.1 Å². The third-order valence-corrected chi connectivity index (χ3v) is 4.02. The van der Waals surface area contributed by atoms with Gasteiger partial charge in [0, 0.05) is 12.1 Å². The van der Waals surface area contributed by atoms with Gasteiger partial charge in [-0.3, -0.25) is 9.59 Å². The van der Waals surface area contributed by atoms with Gasteiger partial charge in [0.05, 0.1) is 5.02 Å². The van der Waals surface area contributed by atoms with E-state index in [-0.39, 0.29) is 22.9 Å². The van der Waals surface area contributed by atoms with Crippen molar-refractivity contribution in [1.82, 2.24) is 0 Å². The molecule has 0 unspecified atom stereocenters. The number of rotatable bonds is 8. The molecule has 0 saturated heterocycles. The highest BCUT2D eigenvalue weighted by atomic mass is 35.5. The standard InChI is InChI=1S/C16H14ClF2NO4S/c17-12-7-11(2-3-13(12)24-16(18)19)20-14(21)8-23-15(22)4-1-10-5-6-25-9-10/h2-3,5-7,9,16H,1,4,8H2,(H,20,21). The maximum atomic E-state index is 12.1. The lowest BCUT2D eigenvalue weighted by atomic mass is 10.2. The molecule has 25 heavy (non-hydrogen) atoms. The summed E-state index contributed by atoms with van der Waals surface area (Å²) in [5.74, 6) is -1.25. The number of thiophene rings is 1. The van der Waals surface area contributed by atoms with Gasteiger partial charge in [-0.05, 0) is 47.0 Å². The zero-order chi connectivity index (χ0) is 18.2. The Morgan fingerprint density at radius 2 is 2.08 bits per heavy atom. The van der Waals surface area contributed by atoms with Crippen molar-refractivity contribution in [2.75, 3.05) is 11.9 Å². The molecular weight excluding hydrogens is 376 g/mol. The third-order valence-electron chi connectivity index (χ3n) is 2.99. The predicted molar refractivity (Wildman–Crippen MR) is 90.3 cm³/mol. The average molecular weight is 390 g/mol. The maximum Gasteiger partial charge on any atom is 0.387 e. The minimum absolute atomic E-state index is 0.0779. The van der Waals surface area contributed by atoms with E-state index in [1.54, 1.807) is 0 Å². The van der Waals surface area contributed by atoms with Gasteiger partial charge in [-0.25, -0.2) is 0 Å². The van der Waals surface area contributed by atoms with Crippen molar-refractivity contribution < 1.29 is 27.8 Å². The topological polar surface area (TPSA) is 64.6 Å². The number of anilines is 1. The molecule has 0 aliphatic heterocycles. The fourth-order valence-electron chi connectivity index (χ4n) is 1.87. The van der Waals surface area contributed by atoms with Crippen LogP contribution < -0.4 is 10.1 Å². The van der Waals surface area contributed by atoms with Crippen LogP contribution >= 0.6 is 22.9 Å². The van der Waals surface area contributed by atoms with E-state index in [1.807, 2.05) is 16.8 Å². The van der Waals surface area contributed by atoms with Gasteiger partial charge in [0.2, 0.25) is 0 Å². The Labute approximate surface area is 151 Å². The SMILES string of the molecule is O=C(COC(=O)CCc1ccsc1)Nc1ccc(OC(F)F)c(Cl)c1. The van der Waals surface area contributed by atoms with E-state index in [4.69, 9.17) is 16.3 Å². The Bertz CT molecular complexity index is 725. The molecule has 2 rings (SSSR count). The van der Waals surface area contributed by atoms with Gasteiger partial charge in [-0.15, -0.1) is 0 Å². The second kappa shape index (κ2) is 9.33. The van der Waals surface area contributed by atoms with Crippen molar-refractivity contribution in [3.63, 3.8) is 0 Å². The smallest absolute Gasteiger partial charge is 0.387 e. The molecule has 0 saturated carbocycles. The lowest BCUT2D eigenvalue weighted by Crippen LogP contribution is -2.21. The normalized spacial score (nSPS) is 10.6. The number of benzene rings is 1. The minimum atomic E-state index is -2.99. The van der Waals surface area contributed by atoms with Crippen molar-refractivity contribution >= 4 is 40.5 Å². The predicted octanol–water partition coefficient (Wildman–Crippen LogP) is 4.12. The zero-order valence-electron chi connectivity index (χ0n) is 12.8. The van der Waals surface area contributed by atoms with Crippen molar-refractivity contribution in [2.45, 2.75) is 19.5 Å². The molecule has 0 aliphatic carbocycles. The maximum absolute atomic E-state index is 12.1. The van der Waals surface area contributed by atoms with Crippen molar-refractivity contribution in [2.24, 2.45) is 0 Å². The second-order valence-electron chi connectivity index (χ2n) is 4.86. The molecule has 1 aromatic heterocycles. The molecule has 1 N–H and O–H groups in total. The number of hydrogen-bond acceptors (Lipinski definition) is 5. The van der Waals surface area contributed by atoms with Gasteiger partial charge in [0.25, 0.3) is 5.91 Å². The molecule has 0 bridgehead atoms. The number of halogens is 3. The number of aryl methyl sites for hydroxylation is 1. The van der Waals surface area contributed by atoms with Gasteiger partial charge < -0.3 is 14.8 Å². The molecule has 0 radical (unpaired) electrons. The van der Waals surface area contributed by atoms with E-state index < -0.39 is 25.1 Å². The first kappa shape index (κ1) is 19.1.